The number of carboxylic acids is 1. The Morgan fingerprint density at radius 2 is 1.97 bits per heavy atom. The second-order valence-corrected chi connectivity index (χ2v) is 8.27. The van der Waals surface area contributed by atoms with E-state index in [1.165, 1.54) is 0 Å². The number of benzene rings is 1. The van der Waals surface area contributed by atoms with Gasteiger partial charge in [-0.25, -0.2) is 9.59 Å². The van der Waals surface area contributed by atoms with Crippen molar-refractivity contribution in [2.24, 2.45) is 0 Å². The van der Waals surface area contributed by atoms with E-state index in [-0.39, 0.29) is 12.0 Å². The van der Waals surface area contributed by atoms with Crippen LogP contribution in [0.15, 0.2) is 32.0 Å². The second-order valence-electron chi connectivity index (χ2n) is 6.88. The van der Waals surface area contributed by atoms with Crippen molar-refractivity contribution in [3.63, 3.8) is 0 Å². The smallest absolute Gasteiger partial charge is 0.340 e. The third kappa shape index (κ3) is 4.48. The Bertz CT molecular complexity index is 1130. The number of aryl methyl sites for hydroxylation is 2. The van der Waals surface area contributed by atoms with E-state index in [4.69, 9.17) is 8.83 Å². The van der Waals surface area contributed by atoms with Crippen LogP contribution in [-0.2, 0) is 16.0 Å². The average Bonchev–Trinajstić information content (AvgIpc) is 3.03. The number of aliphatic carboxylic acids is 1. The number of nitrogens with one attached hydrogen (secondary N) is 1. The van der Waals surface area contributed by atoms with Gasteiger partial charge in [-0.1, -0.05) is 6.92 Å². The SMILES string of the molecule is CCSCC[C@H](NC(=O)Cc1c(C)c2cc3c(C)coc3cc2oc1=O)C(=O)O. The summed E-state index contributed by atoms with van der Waals surface area (Å²) in [7, 11) is 0. The Labute approximate surface area is 171 Å². The van der Waals surface area contributed by atoms with E-state index in [1.807, 2.05) is 19.9 Å². The van der Waals surface area contributed by atoms with Crippen molar-refractivity contribution < 1.29 is 23.5 Å². The molecule has 0 fully saturated rings. The quantitative estimate of drug-likeness (QED) is 0.427. The molecule has 154 valence electrons. The summed E-state index contributed by atoms with van der Waals surface area (Å²) in [4.78, 5) is 36.3. The molecule has 1 aromatic carbocycles. The van der Waals surface area contributed by atoms with Crippen LogP contribution in [0.2, 0.25) is 0 Å². The van der Waals surface area contributed by atoms with Gasteiger partial charge in [-0.05, 0) is 49.0 Å². The van der Waals surface area contributed by atoms with Crippen LogP contribution in [0.1, 0.15) is 30.0 Å². The fourth-order valence-electron chi connectivity index (χ4n) is 3.25. The topological polar surface area (TPSA) is 110 Å². The van der Waals surface area contributed by atoms with Crippen LogP contribution < -0.4 is 10.9 Å². The molecular weight excluding hydrogens is 394 g/mol. The van der Waals surface area contributed by atoms with Crippen molar-refractivity contribution in [3.8, 4) is 0 Å². The summed E-state index contributed by atoms with van der Waals surface area (Å²) in [6.07, 6.45) is 1.72. The van der Waals surface area contributed by atoms with Crippen LogP contribution in [-0.4, -0.2) is 34.5 Å². The number of carbonyl (C=O) groups is 2. The minimum absolute atomic E-state index is 0.225. The molecule has 0 bridgehead atoms. The Hall–Kier alpha value is -2.74. The first-order valence-electron chi connectivity index (χ1n) is 9.35. The Morgan fingerprint density at radius 1 is 1.21 bits per heavy atom. The summed E-state index contributed by atoms with van der Waals surface area (Å²) >= 11 is 1.61. The van der Waals surface area contributed by atoms with Crippen molar-refractivity contribution in [2.45, 2.75) is 39.7 Å². The van der Waals surface area contributed by atoms with Gasteiger partial charge in [0.05, 0.1) is 18.2 Å². The zero-order valence-electron chi connectivity index (χ0n) is 16.5. The van der Waals surface area contributed by atoms with E-state index in [2.05, 4.69) is 5.32 Å². The van der Waals surface area contributed by atoms with Gasteiger partial charge in [0.1, 0.15) is 17.2 Å². The third-order valence-electron chi connectivity index (χ3n) is 4.90. The molecule has 0 saturated carbocycles. The highest BCUT2D eigenvalue weighted by molar-refractivity contribution is 7.99. The van der Waals surface area contributed by atoms with Crippen molar-refractivity contribution in [3.05, 3.63) is 45.5 Å². The molecule has 2 heterocycles. The lowest BCUT2D eigenvalue weighted by Crippen LogP contribution is -2.42. The zero-order chi connectivity index (χ0) is 21.1. The standard InChI is InChI=1S/C21H23NO6S/c1-4-29-6-5-16(20(24)25)22-19(23)8-15-12(3)14-7-13-11(2)10-27-17(13)9-18(14)28-21(15)26/h7,9-10,16H,4-6,8H2,1-3H3,(H,22,23)(H,24,25)/t16-/m0/s1. The molecule has 0 unspecified atom stereocenters. The molecule has 2 aromatic heterocycles. The van der Waals surface area contributed by atoms with Gasteiger partial charge in [-0.2, -0.15) is 11.8 Å². The number of hydrogen-bond donors (Lipinski definition) is 2. The summed E-state index contributed by atoms with van der Waals surface area (Å²) in [5, 5.41) is 13.5. The number of fused-ring (bicyclic) bond motifs is 2. The van der Waals surface area contributed by atoms with Crippen LogP contribution >= 0.6 is 11.8 Å². The van der Waals surface area contributed by atoms with Gasteiger partial charge in [0.25, 0.3) is 0 Å². The molecule has 0 radical (unpaired) electrons. The molecule has 8 heteroatoms. The number of hydrogen-bond acceptors (Lipinski definition) is 6. The van der Waals surface area contributed by atoms with Crippen LogP contribution in [0.25, 0.3) is 21.9 Å². The summed E-state index contributed by atoms with van der Waals surface area (Å²) in [6.45, 7) is 5.67. The first-order chi connectivity index (χ1) is 13.8. The molecule has 0 saturated heterocycles. The predicted octanol–water partition coefficient (Wildman–Crippen LogP) is 3.41. The maximum Gasteiger partial charge on any atom is 0.340 e. The van der Waals surface area contributed by atoms with E-state index in [9.17, 15) is 19.5 Å². The minimum atomic E-state index is -1.09. The normalized spacial score (nSPS) is 12.4. The van der Waals surface area contributed by atoms with Crippen LogP contribution in [0.4, 0.5) is 0 Å². The van der Waals surface area contributed by atoms with Gasteiger partial charge in [-0.15, -0.1) is 0 Å². The lowest BCUT2D eigenvalue weighted by atomic mass is 10.0. The monoisotopic (exact) mass is 417 g/mol. The number of rotatable bonds is 8. The lowest BCUT2D eigenvalue weighted by molar-refractivity contribution is -0.141. The first kappa shape index (κ1) is 21.0. The number of amides is 1. The van der Waals surface area contributed by atoms with Crippen LogP contribution in [0, 0.1) is 13.8 Å². The van der Waals surface area contributed by atoms with Gasteiger partial charge in [0.2, 0.25) is 5.91 Å². The van der Waals surface area contributed by atoms with Gasteiger partial charge in [0, 0.05) is 16.8 Å². The van der Waals surface area contributed by atoms with Gasteiger partial charge in [0.15, 0.2) is 0 Å². The highest BCUT2D eigenvalue weighted by atomic mass is 32.2. The van der Waals surface area contributed by atoms with Crippen LogP contribution in [0.3, 0.4) is 0 Å². The summed E-state index contributed by atoms with van der Waals surface area (Å²) < 4.78 is 10.9. The molecular formula is C21H23NO6S. The van der Waals surface area contributed by atoms with E-state index in [1.54, 1.807) is 31.0 Å². The molecule has 3 rings (SSSR count). The minimum Gasteiger partial charge on any atom is -0.480 e. The zero-order valence-corrected chi connectivity index (χ0v) is 17.4. The Balaban J connectivity index is 1.87. The molecule has 0 spiro atoms. The molecule has 0 aliphatic heterocycles. The number of carboxylic acid groups (broad SMARTS) is 1. The van der Waals surface area contributed by atoms with Crippen molar-refractivity contribution in [1.82, 2.24) is 5.32 Å². The molecule has 29 heavy (non-hydrogen) atoms. The fourth-order valence-corrected chi connectivity index (χ4v) is 3.94. The van der Waals surface area contributed by atoms with Gasteiger partial charge in [-0.3, -0.25) is 4.79 Å². The average molecular weight is 417 g/mol. The van der Waals surface area contributed by atoms with Gasteiger partial charge < -0.3 is 19.3 Å². The fraction of sp³-hybridized carbons (Fsp3) is 0.381. The Morgan fingerprint density at radius 3 is 2.66 bits per heavy atom. The summed E-state index contributed by atoms with van der Waals surface area (Å²) in [6, 6.07) is 2.56. The first-order valence-corrected chi connectivity index (χ1v) is 10.5. The largest absolute Gasteiger partial charge is 0.480 e. The molecule has 0 aliphatic rings. The van der Waals surface area contributed by atoms with Crippen molar-refractivity contribution in [2.75, 3.05) is 11.5 Å². The maximum atomic E-state index is 12.5. The molecule has 1 atom stereocenters. The third-order valence-corrected chi connectivity index (χ3v) is 5.83. The maximum absolute atomic E-state index is 12.5. The van der Waals surface area contributed by atoms with Crippen molar-refractivity contribution in [1.29, 1.82) is 0 Å². The highest BCUT2D eigenvalue weighted by Gasteiger charge is 2.22. The van der Waals surface area contributed by atoms with Crippen molar-refractivity contribution >= 4 is 45.6 Å². The predicted molar refractivity (Wildman–Crippen MR) is 113 cm³/mol. The summed E-state index contributed by atoms with van der Waals surface area (Å²) in [5.74, 6) is -0.101. The Kier molecular flexibility index (Phi) is 6.32. The summed E-state index contributed by atoms with van der Waals surface area (Å²) in [5.41, 5.74) is 2.22. The number of carbonyl (C=O) groups excluding carboxylic acids is 1. The lowest BCUT2D eigenvalue weighted by Gasteiger charge is -2.14. The van der Waals surface area contributed by atoms with E-state index in [0.29, 0.717) is 28.9 Å². The van der Waals surface area contributed by atoms with Crippen LogP contribution in [0.5, 0.6) is 0 Å². The molecule has 2 N–H and O–H groups in total. The molecule has 1 amide bonds. The van der Waals surface area contributed by atoms with E-state index >= 15 is 0 Å². The highest BCUT2D eigenvalue weighted by Crippen LogP contribution is 2.28. The van der Waals surface area contributed by atoms with E-state index < -0.39 is 23.5 Å². The van der Waals surface area contributed by atoms with E-state index in [0.717, 1.165) is 22.1 Å². The molecule has 0 aliphatic carbocycles. The van der Waals surface area contributed by atoms with Gasteiger partial charge >= 0.3 is 11.6 Å². The molecule has 7 nitrogen and oxygen atoms in total. The number of furan rings is 1. The number of thioether (sulfide) groups is 1. The second kappa shape index (κ2) is 8.73. The molecule has 3 aromatic rings.